The summed E-state index contributed by atoms with van der Waals surface area (Å²) in [6.45, 7) is 0. The predicted molar refractivity (Wildman–Crippen MR) is 74.6 cm³/mol. The van der Waals surface area contributed by atoms with Crippen molar-refractivity contribution < 1.29 is 9.50 Å². The fourth-order valence-electron chi connectivity index (χ4n) is 1.61. The highest BCUT2D eigenvalue weighted by molar-refractivity contribution is 9.10. The van der Waals surface area contributed by atoms with Gasteiger partial charge in [0.05, 0.1) is 0 Å². The van der Waals surface area contributed by atoms with Gasteiger partial charge in [0.1, 0.15) is 11.9 Å². The van der Waals surface area contributed by atoms with Crippen molar-refractivity contribution in [3.8, 4) is 0 Å². The van der Waals surface area contributed by atoms with Crippen LogP contribution in [0.4, 0.5) is 4.39 Å². The molecule has 0 radical (unpaired) electrons. The van der Waals surface area contributed by atoms with E-state index in [1.54, 1.807) is 18.2 Å². The highest BCUT2D eigenvalue weighted by Crippen LogP contribution is 2.34. The summed E-state index contributed by atoms with van der Waals surface area (Å²) < 4.78 is 13.8. The molecule has 1 nitrogen and oxygen atoms in total. The maximum Gasteiger partial charge on any atom is 0.123 e. The van der Waals surface area contributed by atoms with Crippen LogP contribution >= 0.6 is 39.1 Å². The quantitative estimate of drug-likeness (QED) is 0.810. The van der Waals surface area contributed by atoms with E-state index in [1.807, 2.05) is 0 Å². The first-order chi connectivity index (χ1) is 8.49. The summed E-state index contributed by atoms with van der Waals surface area (Å²) in [5.41, 5.74) is 0.895. The summed E-state index contributed by atoms with van der Waals surface area (Å²) in [7, 11) is 0. The molecule has 0 aliphatic rings. The summed E-state index contributed by atoms with van der Waals surface area (Å²) in [5.74, 6) is -0.446. The van der Waals surface area contributed by atoms with Gasteiger partial charge in [-0.2, -0.15) is 0 Å². The van der Waals surface area contributed by atoms with Crippen LogP contribution in [0.15, 0.2) is 40.9 Å². The molecule has 0 fully saturated rings. The molecule has 1 unspecified atom stereocenters. The van der Waals surface area contributed by atoms with Gasteiger partial charge in [0.15, 0.2) is 0 Å². The second kappa shape index (κ2) is 5.57. The lowest BCUT2D eigenvalue weighted by atomic mass is 10.0. The van der Waals surface area contributed by atoms with E-state index in [0.717, 1.165) is 0 Å². The van der Waals surface area contributed by atoms with Crippen molar-refractivity contribution in [3.63, 3.8) is 0 Å². The van der Waals surface area contributed by atoms with E-state index in [-0.39, 0.29) is 0 Å². The monoisotopic (exact) mass is 348 g/mol. The van der Waals surface area contributed by atoms with Crippen LogP contribution in [0, 0.1) is 5.82 Å². The van der Waals surface area contributed by atoms with Gasteiger partial charge in [0.25, 0.3) is 0 Å². The van der Waals surface area contributed by atoms with Crippen LogP contribution in [-0.2, 0) is 0 Å². The Morgan fingerprint density at radius 1 is 1.06 bits per heavy atom. The molecular weight excluding hydrogens is 342 g/mol. The van der Waals surface area contributed by atoms with Crippen molar-refractivity contribution in [3.05, 3.63) is 67.9 Å². The molecule has 2 rings (SSSR count). The molecule has 5 heteroatoms. The molecule has 0 spiro atoms. The largest absolute Gasteiger partial charge is 0.384 e. The number of rotatable bonds is 2. The molecule has 18 heavy (non-hydrogen) atoms. The van der Waals surface area contributed by atoms with Crippen molar-refractivity contribution in [1.29, 1.82) is 0 Å². The van der Waals surface area contributed by atoms with Gasteiger partial charge in [0, 0.05) is 20.1 Å². The highest BCUT2D eigenvalue weighted by Gasteiger charge is 2.17. The van der Waals surface area contributed by atoms with Gasteiger partial charge in [0.2, 0.25) is 0 Å². The fourth-order valence-corrected chi connectivity index (χ4v) is 2.74. The maximum atomic E-state index is 13.2. The third kappa shape index (κ3) is 2.86. The van der Waals surface area contributed by atoms with Gasteiger partial charge >= 0.3 is 0 Å². The molecule has 2 aromatic carbocycles. The van der Waals surface area contributed by atoms with Crippen LogP contribution in [0.1, 0.15) is 17.2 Å². The highest BCUT2D eigenvalue weighted by atomic mass is 79.9. The average molecular weight is 350 g/mol. The van der Waals surface area contributed by atoms with Crippen molar-refractivity contribution in [1.82, 2.24) is 0 Å². The van der Waals surface area contributed by atoms with E-state index in [1.165, 1.54) is 18.2 Å². The van der Waals surface area contributed by atoms with E-state index in [0.29, 0.717) is 25.6 Å². The minimum absolute atomic E-state index is 0.311. The molecule has 0 saturated heterocycles. The lowest BCUT2D eigenvalue weighted by molar-refractivity contribution is 0.219. The lowest BCUT2D eigenvalue weighted by Crippen LogP contribution is -2.02. The van der Waals surface area contributed by atoms with Crippen molar-refractivity contribution >= 4 is 39.1 Å². The molecule has 0 saturated carbocycles. The third-order valence-corrected chi connectivity index (χ3v) is 3.78. The number of halogens is 4. The summed E-state index contributed by atoms with van der Waals surface area (Å²) in [5, 5.41) is 11.1. The molecule has 94 valence electrons. The van der Waals surface area contributed by atoms with Gasteiger partial charge in [-0.05, 0) is 35.9 Å². The van der Waals surface area contributed by atoms with Crippen LogP contribution < -0.4 is 0 Å². The molecule has 1 atom stereocenters. The van der Waals surface area contributed by atoms with E-state index >= 15 is 0 Å². The summed E-state index contributed by atoms with van der Waals surface area (Å²) in [6, 6.07) is 8.85. The Labute approximate surface area is 122 Å². The molecule has 1 N–H and O–H groups in total. The molecule has 0 aliphatic carbocycles. The predicted octanol–water partition coefficient (Wildman–Crippen LogP) is 4.98. The fraction of sp³-hybridized carbons (Fsp3) is 0.0769. The Bertz CT molecular complexity index is 589. The zero-order valence-electron chi connectivity index (χ0n) is 9.00. The van der Waals surface area contributed by atoms with Crippen molar-refractivity contribution in [2.24, 2.45) is 0 Å². The second-order valence-corrected chi connectivity index (χ2v) is 5.43. The molecule has 0 aliphatic heterocycles. The van der Waals surface area contributed by atoms with Gasteiger partial charge in [-0.1, -0.05) is 45.2 Å². The zero-order valence-corrected chi connectivity index (χ0v) is 12.1. The minimum Gasteiger partial charge on any atom is -0.384 e. The Kier molecular flexibility index (Phi) is 4.28. The zero-order chi connectivity index (χ0) is 13.3. The van der Waals surface area contributed by atoms with Crippen LogP contribution in [0.3, 0.4) is 0 Å². The summed E-state index contributed by atoms with van der Waals surface area (Å²) in [4.78, 5) is 0. The van der Waals surface area contributed by atoms with E-state index in [4.69, 9.17) is 23.2 Å². The van der Waals surface area contributed by atoms with Gasteiger partial charge < -0.3 is 5.11 Å². The second-order valence-electron chi connectivity index (χ2n) is 3.73. The molecule has 2 aromatic rings. The standard InChI is InChI=1S/C13H8BrCl2FO/c14-11-5-7(15)1-3-9(11)13(18)10-6-8(17)2-4-12(10)16/h1-6,13,18H. The topological polar surface area (TPSA) is 20.2 Å². The van der Waals surface area contributed by atoms with Gasteiger partial charge in [-0.25, -0.2) is 4.39 Å². The molecule has 0 bridgehead atoms. The number of hydrogen-bond acceptors (Lipinski definition) is 1. The Morgan fingerprint density at radius 2 is 1.78 bits per heavy atom. The van der Waals surface area contributed by atoms with Crippen LogP contribution in [0.5, 0.6) is 0 Å². The minimum atomic E-state index is -1.01. The van der Waals surface area contributed by atoms with E-state index in [9.17, 15) is 9.50 Å². The molecular formula is C13H8BrCl2FO. The molecule has 0 heterocycles. The van der Waals surface area contributed by atoms with E-state index < -0.39 is 11.9 Å². The summed E-state index contributed by atoms with van der Waals surface area (Å²) >= 11 is 15.1. The van der Waals surface area contributed by atoms with Crippen LogP contribution in [-0.4, -0.2) is 5.11 Å². The average Bonchev–Trinajstić information content (AvgIpc) is 2.31. The first kappa shape index (κ1) is 13.8. The maximum absolute atomic E-state index is 13.2. The smallest absolute Gasteiger partial charge is 0.123 e. The first-order valence-electron chi connectivity index (χ1n) is 5.07. The van der Waals surface area contributed by atoms with Crippen LogP contribution in [0.25, 0.3) is 0 Å². The van der Waals surface area contributed by atoms with Gasteiger partial charge in [-0.15, -0.1) is 0 Å². The number of benzene rings is 2. The Balaban J connectivity index is 2.47. The Morgan fingerprint density at radius 3 is 2.44 bits per heavy atom. The summed E-state index contributed by atoms with van der Waals surface area (Å²) in [6.07, 6.45) is -1.01. The third-order valence-electron chi connectivity index (χ3n) is 2.51. The SMILES string of the molecule is OC(c1cc(F)ccc1Cl)c1ccc(Cl)cc1Br. The molecule has 0 amide bonds. The normalized spacial score (nSPS) is 12.5. The molecule has 0 aromatic heterocycles. The first-order valence-corrected chi connectivity index (χ1v) is 6.62. The van der Waals surface area contributed by atoms with E-state index in [2.05, 4.69) is 15.9 Å². The number of aliphatic hydroxyl groups excluding tert-OH is 1. The van der Waals surface area contributed by atoms with Crippen molar-refractivity contribution in [2.75, 3.05) is 0 Å². The van der Waals surface area contributed by atoms with Crippen molar-refractivity contribution in [2.45, 2.75) is 6.10 Å². The van der Waals surface area contributed by atoms with Crippen LogP contribution in [0.2, 0.25) is 10.0 Å². The number of hydrogen-bond donors (Lipinski definition) is 1. The van der Waals surface area contributed by atoms with Gasteiger partial charge in [-0.3, -0.25) is 0 Å². The lowest BCUT2D eigenvalue weighted by Gasteiger charge is -2.15. The number of aliphatic hydroxyl groups is 1. The Hall–Kier alpha value is -0.610.